The van der Waals surface area contributed by atoms with Crippen LogP contribution >= 0.6 is 23.2 Å². The lowest BCUT2D eigenvalue weighted by molar-refractivity contribution is -0.509. The molecule has 92 valence electrons. The second-order valence-corrected chi connectivity index (χ2v) is 3.68. The van der Waals surface area contributed by atoms with Gasteiger partial charge in [0.1, 0.15) is 5.15 Å². The van der Waals surface area contributed by atoms with Gasteiger partial charge in [-0.2, -0.15) is 0 Å². The Morgan fingerprint density at radius 3 is 2.76 bits per heavy atom. The van der Waals surface area contributed by atoms with Crippen molar-refractivity contribution in [3.05, 3.63) is 32.3 Å². The number of carbonyl (C=O) groups excluding carboxylic acids is 1. The van der Waals surface area contributed by atoms with Gasteiger partial charge in [-0.25, -0.2) is 14.8 Å². The molecule has 0 saturated carbocycles. The molecule has 0 aromatic carbocycles. The Morgan fingerprint density at radius 2 is 2.29 bits per heavy atom. The first-order chi connectivity index (χ1) is 7.95. The van der Waals surface area contributed by atoms with Crippen LogP contribution in [0, 0.1) is 10.1 Å². The zero-order valence-electron chi connectivity index (χ0n) is 8.59. The van der Waals surface area contributed by atoms with Crippen LogP contribution in [0.5, 0.6) is 0 Å². The third-order valence-electron chi connectivity index (χ3n) is 1.92. The third-order valence-corrected chi connectivity index (χ3v) is 2.43. The first kappa shape index (κ1) is 13.6. The summed E-state index contributed by atoms with van der Waals surface area (Å²) in [6.07, 6.45) is 0.979. The van der Waals surface area contributed by atoms with Crippen molar-refractivity contribution in [3.8, 4) is 0 Å². The Kier molecular flexibility index (Phi) is 4.59. The van der Waals surface area contributed by atoms with Crippen LogP contribution in [-0.4, -0.2) is 34.0 Å². The number of hydrogen-bond donors (Lipinski definition) is 0. The molecule has 1 aromatic rings. The van der Waals surface area contributed by atoms with Crippen LogP contribution in [-0.2, 0) is 16.0 Å². The summed E-state index contributed by atoms with van der Waals surface area (Å²) in [5.74, 6) is -0.957. The van der Waals surface area contributed by atoms with Crippen LogP contribution in [0.1, 0.15) is 5.56 Å². The van der Waals surface area contributed by atoms with Gasteiger partial charge in [0.05, 0.1) is 13.5 Å². The molecule has 1 aromatic heterocycles. The minimum atomic E-state index is -1.54. The van der Waals surface area contributed by atoms with E-state index in [1.165, 1.54) is 6.20 Å². The summed E-state index contributed by atoms with van der Waals surface area (Å²) >= 11 is 11.2. The third kappa shape index (κ3) is 3.50. The average Bonchev–Trinajstić information content (AvgIpc) is 2.26. The molecule has 1 atom stereocenters. The highest BCUT2D eigenvalue weighted by Crippen LogP contribution is 2.17. The van der Waals surface area contributed by atoms with Crippen molar-refractivity contribution in [3.63, 3.8) is 0 Å². The van der Waals surface area contributed by atoms with E-state index in [9.17, 15) is 14.9 Å². The number of nitrogens with zero attached hydrogens (tertiary/aromatic N) is 3. The van der Waals surface area contributed by atoms with E-state index in [0.717, 1.165) is 7.11 Å². The van der Waals surface area contributed by atoms with E-state index < -0.39 is 16.9 Å². The predicted molar refractivity (Wildman–Crippen MR) is 58.6 cm³/mol. The number of ether oxygens (including phenoxy) is 1. The first-order valence-corrected chi connectivity index (χ1v) is 5.09. The summed E-state index contributed by atoms with van der Waals surface area (Å²) in [6, 6.07) is -1.54. The highest BCUT2D eigenvalue weighted by molar-refractivity contribution is 6.32. The van der Waals surface area contributed by atoms with Gasteiger partial charge in [-0.05, 0) is 11.6 Å². The maximum atomic E-state index is 11.2. The lowest BCUT2D eigenvalue weighted by Crippen LogP contribution is -2.33. The standard InChI is InChI=1S/C8H7Cl2N3O4/c1-17-7(14)5(13(15)16)2-4-3-11-8(10)12-6(4)9/h3,5H,2H2,1H3. The van der Waals surface area contributed by atoms with E-state index in [4.69, 9.17) is 23.2 Å². The van der Waals surface area contributed by atoms with Crippen molar-refractivity contribution in [2.75, 3.05) is 7.11 Å². The summed E-state index contributed by atoms with van der Waals surface area (Å²) < 4.78 is 4.32. The van der Waals surface area contributed by atoms with Crippen molar-refractivity contribution in [1.82, 2.24) is 9.97 Å². The van der Waals surface area contributed by atoms with Gasteiger partial charge >= 0.3 is 12.0 Å². The number of esters is 1. The fraction of sp³-hybridized carbons (Fsp3) is 0.375. The Bertz CT molecular complexity index is 454. The number of nitro groups is 1. The van der Waals surface area contributed by atoms with Gasteiger partial charge in [0.15, 0.2) is 0 Å². The average molecular weight is 280 g/mol. The van der Waals surface area contributed by atoms with Crippen LogP contribution in [0.15, 0.2) is 6.20 Å². The van der Waals surface area contributed by atoms with Crippen molar-refractivity contribution < 1.29 is 14.5 Å². The fourth-order valence-electron chi connectivity index (χ4n) is 1.09. The molecule has 0 aliphatic rings. The van der Waals surface area contributed by atoms with Gasteiger partial charge in [-0.1, -0.05) is 11.6 Å². The topological polar surface area (TPSA) is 95.2 Å². The zero-order valence-corrected chi connectivity index (χ0v) is 10.1. The molecular formula is C8H7Cl2N3O4. The van der Waals surface area contributed by atoms with Gasteiger partial charge in [0.2, 0.25) is 5.28 Å². The number of carbonyl (C=O) groups is 1. The van der Waals surface area contributed by atoms with Gasteiger partial charge in [-0.15, -0.1) is 0 Å². The molecule has 0 spiro atoms. The van der Waals surface area contributed by atoms with Gasteiger partial charge in [-0.3, -0.25) is 10.1 Å². The van der Waals surface area contributed by atoms with Crippen molar-refractivity contribution in [1.29, 1.82) is 0 Å². The molecule has 9 heteroatoms. The lowest BCUT2D eigenvalue weighted by Gasteiger charge is -2.07. The number of rotatable bonds is 4. The molecule has 1 unspecified atom stereocenters. The predicted octanol–water partition coefficient (Wildman–Crippen LogP) is 1.14. The van der Waals surface area contributed by atoms with E-state index in [-0.39, 0.29) is 22.4 Å². The minimum absolute atomic E-state index is 0.0271. The Morgan fingerprint density at radius 1 is 1.65 bits per heavy atom. The molecule has 0 saturated heterocycles. The lowest BCUT2D eigenvalue weighted by atomic mass is 10.1. The second kappa shape index (κ2) is 5.74. The van der Waals surface area contributed by atoms with Crippen molar-refractivity contribution >= 4 is 29.2 Å². The molecule has 0 radical (unpaired) electrons. The normalized spacial score (nSPS) is 11.9. The van der Waals surface area contributed by atoms with Gasteiger partial charge in [0.25, 0.3) is 0 Å². The van der Waals surface area contributed by atoms with E-state index in [1.807, 2.05) is 0 Å². The van der Waals surface area contributed by atoms with E-state index in [1.54, 1.807) is 0 Å². The van der Waals surface area contributed by atoms with Crippen molar-refractivity contribution in [2.45, 2.75) is 12.5 Å². The first-order valence-electron chi connectivity index (χ1n) is 4.34. The minimum Gasteiger partial charge on any atom is -0.464 e. The largest absolute Gasteiger partial charge is 0.464 e. The van der Waals surface area contributed by atoms with Crippen molar-refractivity contribution in [2.24, 2.45) is 0 Å². The molecule has 0 N–H and O–H groups in total. The summed E-state index contributed by atoms with van der Waals surface area (Å²) in [5.41, 5.74) is 0.253. The Labute approximate surface area is 106 Å². The molecule has 0 aliphatic heterocycles. The van der Waals surface area contributed by atoms with Gasteiger partial charge in [0, 0.05) is 16.7 Å². The van der Waals surface area contributed by atoms with Crippen LogP contribution in [0.3, 0.4) is 0 Å². The smallest absolute Gasteiger partial charge is 0.381 e. The molecule has 1 heterocycles. The molecule has 7 nitrogen and oxygen atoms in total. The van der Waals surface area contributed by atoms with Crippen LogP contribution in [0.2, 0.25) is 10.4 Å². The van der Waals surface area contributed by atoms with E-state index in [0.29, 0.717) is 0 Å². The van der Waals surface area contributed by atoms with E-state index >= 15 is 0 Å². The van der Waals surface area contributed by atoms with Crippen LogP contribution in [0.25, 0.3) is 0 Å². The molecule has 0 bridgehead atoms. The molecule has 0 amide bonds. The molecule has 0 fully saturated rings. The number of halogens is 2. The molecule has 1 rings (SSSR count). The second-order valence-electron chi connectivity index (χ2n) is 2.98. The number of hydrogen-bond acceptors (Lipinski definition) is 6. The quantitative estimate of drug-likeness (QED) is 0.270. The Balaban J connectivity index is 2.94. The van der Waals surface area contributed by atoms with Gasteiger partial charge < -0.3 is 4.74 Å². The number of aromatic nitrogens is 2. The number of methoxy groups -OCH3 is 1. The van der Waals surface area contributed by atoms with E-state index in [2.05, 4.69) is 14.7 Å². The maximum Gasteiger partial charge on any atom is 0.381 e. The highest BCUT2D eigenvalue weighted by atomic mass is 35.5. The fourth-order valence-corrected chi connectivity index (χ4v) is 1.47. The summed E-state index contributed by atoms with van der Waals surface area (Å²) in [4.78, 5) is 28.3. The highest BCUT2D eigenvalue weighted by Gasteiger charge is 2.32. The molecular weight excluding hydrogens is 273 g/mol. The maximum absolute atomic E-state index is 11.2. The molecule has 17 heavy (non-hydrogen) atoms. The SMILES string of the molecule is COC(=O)C(Cc1cnc(Cl)nc1Cl)[N+](=O)[O-]. The van der Waals surface area contributed by atoms with Crippen LogP contribution in [0.4, 0.5) is 0 Å². The van der Waals surface area contributed by atoms with Crippen LogP contribution < -0.4 is 0 Å². The summed E-state index contributed by atoms with van der Waals surface area (Å²) in [7, 11) is 1.07. The zero-order chi connectivity index (χ0) is 13.0. The monoisotopic (exact) mass is 279 g/mol. The molecule has 0 aliphatic carbocycles. The summed E-state index contributed by atoms with van der Waals surface area (Å²) in [5, 5.41) is 10.6. The Hall–Kier alpha value is -1.47. The summed E-state index contributed by atoms with van der Waals surface area (Å²) in [6.45, 7) is 0.